The number of benzene rings is 2. The minimum Gasteiger partial charge on any atom is -0.415 e. The highest BCUT2D eigenvalue weighted by atomic mass is 28.2. The Morgan fingerprint density at radius 1 is 0.917 bits per heavy atom. The molecule has 0 radical (unpaired) electrons. The van der Waals surface area contributed by atoms with E-state index in [1.54, 1.807) is 16.8 Å². The number of rotatable bonds is 6. The van der Waals surface area contributed by atoms with E-state index in [9.17, 15) is 4.79 Å². The van der Waals surface area contributed by atoms with Gasteiger partial charge in [0.1, 0.15) is 0 Å². The first kappa shape index (κ1) is 27.4. The molecule has 1 aromatic heterocycles. The molecule has 5 nitrogen and oxygen atoms in total. The maximum atomic E-state index is 11.7. The molecule has 4 rings (SSSR count). The first-order chi connectivity index (χ1) is 17.1. The molecule has 0 unspecified atom stereocenters. The lowest BCUT2D eigenvalue weighted by Gasteiger charge is -2.34. The second-order valence-corrected chi connectivity index (χ2v) is 13.3. The van der Waals surface area contributed by atoms with Crippen molar-refractivity contribution in [3.8, 4) is 5.69 Å². The number of aliphatic hydroxyl groups is 1. The predicted molar refractivity (Wildman–Crippen MR) is 152 cm³/mol. The fourth-order valence-corrected chi connectivity index (χ4v) is 4.61. The number of para-hydroxylation sites is 2. The van der Waals surface area contributed by atoms with Crippen molar-refractivity contribution in [1.29, 1.82) is 0 Å². The van der Waals surface area contributed by atoms with Crippen molar-refractivity contribution in [3.63, 3.8) is 0 Å². The lowest BCUT2D eigenvalue weighted by molar-refractivity contribution is 0.153. The van der Waals surface area contributed by atoms with Crippen molar-refractivity contribution in [1.82, 2.24) is 4.57 Å². The number of hydrogen-bond acceptors (Lipinski definition) is 4. The fourth-order valence-electron chi connectivity index (χ4n) is 3.65. The summed E-state index contributed by atoms with van der Waals surface area (Å²) in [5.41, 5.74) is 3.66. The van der Waals surface area contributed by atoms with E-state index in [2.05, 4.69) is 82.1 Å². The summed E-state index contributed by atoms with van der Waals surface area (Å²) in [6, 6.07) is 23.0. The highest BCUT2D eigenvalue weighted by molar-refractivity contribution is 6.31. The van der Waals surface area contributed by atoms with Crippen LogP contribution in [0.15, 0.2) is 108 Å². The number of aromatic nitrogens is 1. The zero-order chi connectivity index (χ0) is 26.2. The van der Waals surface area contributed by atoms with Crippen LogP contribution < -0.4 is 10.5 Å². The third-order valence-corrected chi connectivity index (χ3v) is 7.52. The molecule has 190 valence electrons. The molecule has 0 saturated carbocycles. The Balaban J connectivity index is 0.000000212. The summed E-state index contributed by atoms with van der Waals surface area (Å²) in [4.78, 5) is 13.9. The average Bonchev–Trinajstić information content (AvgIpc) is 2.88. The maximum Gasteiger partial charge on any atom is 0.255 e. The molecule has 0 amide bonds. The zero-order valence-corrected chi connectivity index (χ0v) is 23.4. The number of anilines is 1. The molecule has 36 heavy (non-hydrogen) atoms. The molecule has 0 atom stereocenters. The second-order valence-electron chi connectivity index (χ2n) is 10.6. The topological polar surface area (TPSA) is 54.7 Å². The Morgan fingerprint density at radius 2 is 1.53 bits per heavy atom. The summed E-state index contributed by atoms with van der Waals surface area (Å²) in [6.07, 6.45) is 8.30. The summed E-state index contributed by atoms with van der Waals surface area (Å²) >= 11 is 0. The summed E-state index contributed by atoms with van der Waals surface area (Å²) in [6.45, 7) is 11.9. The molecule has 1 N–H and O–H groups in total. The Labute approximate surface area is 217 Å². The van der Waals surface area contributed by atoms with Gasteiger partial charge in [-0.3, -0.25) is 9.36 Å². The van der Waals surface area contributed by atoms with Crippen LogP contribution in [0, 0.1) is 0 Å². The van der Waals surface area contributed by atoms with Crippen LogP contribution in [0.2, 0.25) is 5.04 Å². The van der Waals surface area contributed by atoms with Crippen molar-refractivity contribution in [2.45, 2.75) is 51.9 Å². The molecule has 0 saturated heterocycles. The van der Waals surface area contributed by atoms with E-state index in [0.29, 0.717) is 10.6 Å². The highest BCUT2D eigenvalue weighted by Crippen LogP contribution is 2.29. The Bertz CT molecular complexity index is 1230. The molecular formula is C30H38N2O3Si. The van der Waals surface area contributed by atoms with Crippen LogP contribution in [0.3, 0.4) is 0 Å². The van der Waals surface area contributed by atoms with Crippen molar-refractivity contribution in [2.75, 3.05) is 11.4 Å². The summed E-state index contributed by atoms with van der Waals surface area (Å²) in [5, 5.41) is 9.20. The largest absolute Gasteiger partial charge is 0.415 e. The van der Waals surface area contributed by atoms with E-state index in [1.807, 2.05) is 36.4 Å². The van der Waals surface area contributed by atoms with Gasteiger partial charge in [-0.25, -0.2) is 0 Å². The number of nitrogens with zero attached hydrogens (tertiary/aromatic N) is 2. The smallest absolute Gasteiger partial charge is 0.255 e. The minimum absolute atomic E-state index is 0.106. The molecule has 0 aliphatic carbocycles. The van der Waals surface area contributed by atoms with Gasteiger partial charge in [0.25, 0.3) is 5.56 Å². The summed E-state index contributed by atoms with van der Waals surface area (Å²) in [7, 11) is -0.552. The minimum atomic E-state index is -0.552. The predicted octanol–water partition coefficient (Wildman–Crippen LogP) is 5.37. The van der Waals surface area contributed by atoms with Gasteiger partial charge < -0.3 is 14.4 Å². The van der Waals surface area contributed by atoms with E-state index in [-0.39, 0.29) is 17.8 Å². The first-order valence-corrected chi connectivity index (χ1v) is 13.6. The molecule has 2 aromatic carbocycles. The van der Waals surface area contributed by atoms with Gasteiger partial charge in [-0.2, -0.15) is 0 Å². The van der Waals surface area contributed by atoms with E-state index in [1.165, 1.54) is 17.3 Å². The lowest BCUT2D eigenvalue weighted by Crippen LogP contribution is -2.33. The van der Waals surface area contributed by atoms with Crippen LogP contribution in [0.1, 0.15) is 40.2 Å². The van der Waals surface area contributed by atoms with Crippen LogP contribution in [0.25, 0.3) is 5.69 Å². The van der Waals surface area contributed by atoms with Gasteiger partial charge in [-0.05, 0) is 66.4 Å². The van der Waals surface area contributed by atoms with E-state index in [0.717, 1.165) is 12.2 Å². The zero-order valence-electron chi connectivity index (χ0n) is 22.0. The highest BCUT2D eigenvalue weighted by Gasteiger charge is 2.26. The molecule has 2 heterocycles. The molecule has 6 heteroatoms. The summed E-state index contributed by atoms with van der Waals surface area (Å²) in [5.74, 6) is 0. The summed E-state index contributed by atoms with van der Waals surface area (Å²) < 4.78 is 7.82. The van der Waals surface area contributed by atoms with Crippen molar-refractivity contribution in [3.05, 3.63) is 119 Å². The quantitative estimate of drug-likeness (QED) is 0.460. The average molecular weight is 503 g/mol. The van der Waals surface area contributed by atoms with Crippen LogP contribution in [-0.4, -0.2) is 31.6 Å². The molecule has 0 spiro atoms. The Hall–Kier alpha value is -3.19. The van der Waals surface area contributed by atoms with Gasteiger partial charge >= 0.3 is 0 Å². The van der Waals surface area contributed by atoms with Gasteiger partial charge in [0, 0.05) is 36.4 Å². The van der Waals surface area contributed by atoms with Crippen molar-refractivity contribution < 1.29 is 9.53 Å². The normalized spacial score (nSPS) is 13.9. The van der Waals surface area contributed by atoms with Crippen molar-refractivity contribution in [2.24, 2.45) is 0 Å². The third kappa shape index (κ3) is 7.91. The van der Waals surface area contributed by atoms with Gasteiger partial charge in [-0.15, -0.1) is 0 Å². The lowest BCUT2D eigenvalue weighted by atomic mass is 9.96. The third-order valence-electron chi connectivity index (χ3n) is 5.79. The molecule has 0 fully saturated rings. The maximum absolute atomic E-state index is 11.7. The van der Waals surface area contributed by atoms with E-state index >= 15 is 0 Å². The van der Waals surface area contributed by atoms with Crippen LogP contribution in [0.4, 0.5) is 5.69 Å². The standard InChI is InChI=1S/C18H27NOSi.C12H11NO2/c1-17(2,3)21-20-18(4,5)15-11-13-19(14-12-15)16-9-7-6-8-10-16;14-9-10-6-7-13(12(15)8-10)11-4-2-1-3-5-11/h6-13H,14,21H2,1-5H3;1-8,14H,9H2. The molecule has 1 aliphatic rings. The molecular weight excluding hydrogens is 464 g/mol. The van der Waals surface area contributed by atoms with E-state index in [4.69, 9.17) is 9.53 Å². The monoisotopic (exact) mass is 502 g/mol. The Morgan fingerprint density at radius 3 is 2.03 bits per heavy atom. The van der Waals surface area contributed by atoms with E-state index < -0.39 is 9.76 Å². The number of hydrogen-bond donors (Lipinski definition) is 1. The molecule has 3 aromatic rings. The number of pyridine rings is 1. The van der Waals surface area contributed by atoms with Crippen LogP contribution >= 0.6 is 0 Å². The molecule has 1 aliphatic heterocycles. The van der Waals surface area contributed by atoms with Gasteiger partial charge in [-0.1, -0.05) is 63.2 Å². The van der Waals surface area contributed by atoms with Gasteiger partial charge in [0.05, 0.1) is 12.2 Å². The van der Waals surface area contributed by atoms with Crippen LogP contribution in [-0.2, 0) is 11.0 Å². The fraction of sp³-hybridized carbons (Fsp3) is 0.300. The number of aliphatic hydroxyl groups excluding tert-OH is 1. The van der Waals surface area contributed by atoms with Gasteiger partial charge in [0.2, 0.25) is 0 Å². The van der Waals surface area contributed by atoms with Crippen LogP contribution in [0.5, 0.6) is 0 Å². The first-order valence-electron chi connectivity index (χ1n) is 12.3. The van der Waals surface area contributed by atoms with Gasteiger partial charge in [0.15, 0.2) is 9.76 Å². The van der Waals surface area contributed by atoms with Crippen molar-refractivity contribution >= 4 is 15.5 Å². The molecule has 0 bridgehead atoms. The second kappa shape index (κ2) is 12.2. The Kier molecular flexibility index (Phi) is 9.26. The SMILES string of the molecule is CC(C)(C)[SiH2]OC(C)(C)C1=CCN(c2ccccc2)C=C1.O=c1cc(CO)ccn1-c1ccccc1.